The van der Waals surface area contributed by atoms with E-state index >= 15 is 0 Å². The number of hydrogen-bond donors (Lipinski definition) is 0. The van der Waals surface area contributed by atoms with Gasteiger partial charge in [0.15, 0.2) is 0 Å². The van der Waals surface area contributed by atoms with E-state index in [0.29, 0.717) is 0 Å². The molecule has 0 aromatic heterocycles. The predicted octanol–water partition coefficient (Wildman–Crippen LogP) is 1.14. The van der Waals surface area contributed by atoms with Gasteiger partial charge in [-0.15, -0.1) is 0 Å². The topological polar surface area (TPSA) is 99.1 Å². The average Bonchev–Trinajstić information content (AvgIpc) is 2.40. The van der Waals surface area contributed by atoms with Gasteiger partial charge in [-0.1, -0.05) is 0 Å². The van der Waals surface area contributed by atoms with Gasteiger partial charge in [-0.25, -0.2) is 0 Å². The van der Waals surface area contributed by atoms with Crippen LogP contribution >= 0.6 is 0 Å². The maximum atomic E-state index is 8.67. The fraction of sp³-hybridized carbons (Fsp3) is 0.750. The Kier molecular flexibility index (Phi) is 8.53. The summed E-state index contributed by atoms with van der Waals surface area (Å²) in [5, 5.41) is 25.8. The molecule has 98 valence electrons. The van der Waals surface area contributed by atoms with Gasteiger partial charge in [0, 0.05) is 0 Å². The fourth-order valence-electron chi connectivity index (χ4n) is 1.02. The second kappa shape index (κ2) is 9.39. The van der Waals surface area contributed by atoms with E-state index in [1.807, 2.05) is 18.2 Å². The third-order valence-corrected chi connectivity index (χ3v) is 2.01. The van der Waals surface area contributed by atoms with Crippen LogP contribution in [0.15, 0.2) is 0 Å². The Labute approximate surface area is 107 Å². The minimum Gasteiger partial charge on any atom is -0.361 e. The summed E-state index contributed by atoms with van der Waals surface area (Å²) in [7, 11) is 0. The van der Waals surface area contributed by atoms with Crippen molar-refractivity contribution in [2.24, 2.45) is 0 Å². The van der Waals surface area contributed by atoms with Gasteiger partial charge in [0.2, 0.25) is 0 Å². The number of ether oxygens (including phenoxy) is 3. The summed E-state index contributed by atoms with van der Waals surface area (Å²) < 4.78 is 15.8. The molecule has 0 fully saturated rings. The predicted molar refractivity (Wildman–Crippen MR) is 62.0 cm³/mol. The molecule has 0 saturated heterocycles. The Morgan fingerprint density at radius 3 is 1.50 bits per heavy atom. The molecule has 0 aliphatic rings. The lowest BCUT2D eigenvalue weighted by Crippen LogP contribution is -2.31. The molecule has 0 bridgehead atoms. The first-order valence-electron chi connectivity index (χ1n) is 5.61. The summed E-state index contributed by atoms with van der Waals surface area (Å²) in [6.07, 6.45) is -2.19. The zero-order chi connectivity index (χ0) is 14.0. The second-order valence-corrected chi connectivity index (χ2v) is 3.74. The van der Waals surface area contributed by atoms with Gasteiger partial charge in [0.1, 0.15) is 24.4 Å². The first kappa shape index (κ1) is 16.4. The molecular weight excluding hydrogens is 234 g/mol. The van der Waals surface area contributed by atoms with Crippen LogP contribution in [0.1, 0.15) is 20.8 Å². The van der Waals surface area contributed by atoms with E-state index in [2.05, 4.69) is 0 Å². The summed E-state index contributed by atoms with van der Waals surface area (Å²) in [6.45, 7) is 5.11. The molecule has 0 aliphatic heterocycles. The van der Waals surface area contributed by atoms with Crippen LogP contribution in [-0.2, 0) is 14.2 Å². The lowest BCUT2D eigenvalue weighted by Gasteiger charge is -2.20. The Balaban J connectivity index is 4.22. The molecule has 0 aromatic carbocycles. The van der Waals surface area contributed by atoms with Crippen molar-refractivity contribution in [1.29, 1.82) is 15.8 Å². The zero-order valence-corrected chi connectivity index (χ0v) is 10.8. The molecule has 0 saturated carbocycles. The standard InChI is InChI=1S/C12H17N3O3/c1-9(4-13)16-7-12(18-11(3)6-15)8-17-10(2)5-14/h9-12H,7-8H2,1-3H3. The van der Waals surface area contributed by atoms with E-state index in [9.17, 15) is 0 Å². The van der Waals surface area contributed by atoms with E-state index in [-0.39, 0.29) is 13.2 Å². The summed E-state index contributed by atoms with van der Waals surface area (Å²) in [5.41, 5.74) is 0. The van der Waals surface area contributed by atoms with Gasteiger partial charge < -0.3 is 14.2 Å². The van der Waals surface area contributed by atoms with Crippen LogP contribution in [0.2, 0.25) is 0 Å². The molecule has 6 nitrogen and oxygen atoms in total. The summed E-state index contributed by atoms with van der Waals surface area (Å²) >= 11 is 0. The average molecular weight is 251 g/mol. The van der Waals surface area contributed by atoms with E-state index in [0.717, 1.165) is 0 Å². The second-order valence-electron chi connectivity index (χ2n) is 3.74. The Bertz CT molecular complexity index is 329. The van der Waals surface area contributed by atoms with Crippen molar-refractivity contribution in [3.8, 4) is 18.2 Å². The number of rotatable bonds is 8. The van der Waals surface area contributed by atoms with Gasteiger partial charge in [-0.3, -0.25) is 0 Å². The fourth-order valence-corrected chi connectivity index (χ4v) is 1.02. The van der Waals surface area contributed by atoms with Gasteiger partial charge in [0.05, 0.1) is 31.4 Å². The molecular formula is C12H17N3O3. The van der Waals surface area contributed by atoms with E-state index in [1.54, 1.807) is 20.8 Å². The molecule has 0 N–H and O–H groups in total. The molecule has 0 radical (unpaired) electrons. The van der Waals surface area contributed by atoms with E-state index in [4.69, 9.17) is 30.0 Å². The summed E-state index contributed by atoms with van der Waals surface area (Å²) in [5.74, 6) is 0. The highest BCUT2D eigenvalue weighted by atomic mass is 16.6. The third-order valence-electron chi connectivity index (χ3n) is 2.01. The van der Waals surface area contributed by atoms with E-state index in [1.165, 1.54) is 0 Å². The molecule has 0 amide bonds. The largest absolute Gasteiger partial charge is 0.361 e. The SMILES string of the molecule is CC(C#N)OCC(COC(C)C#N)OC(C)C#N. The highest BCUT2D eigenvalue weighted by molar-refractivity contribution is 4.83. The first-order chi connectivity index (χ1) is 8.53. The molecule has 0 aromatic rings. The molecule has 18 heavy (non-hydrogen) atoms. The van der Waals surface area contributed by atoms with Crippen LogP contribution in [0, 0.1) is 34.0 Å². The molecule has 3 unspecified atom stereocenters. The highest BCUT2D eigenvalue weighted by Gasteiger charge is 2.16. The molecule has 0 rings (SSSR count). The normalized spacial score (nSPS) is 16.7. The van der Waals surface area contributed by atoms with Gasteiger partial charge >= 0.3 is 0 Å². The first-order valence-corrected chi connectivity index (χ1v) is 5.61. The van der Waals surface area contributed by atoms with Crippen molar-refractivity contribution >= 4 is 0 Å². The Morgan fingerprint density at radius 2 is 1.17 bits per heavy atom. The molecule has 0 spiro atoms. The van der Waals surface area contributed by atoms with Crippen molar-refractivity contribution in [3.05, 3.63) is 0 Å². The van der Waals surface area contributed by atoms with Crippen molar-refractivity contribution in [2.45, 2.75) is 45.2 Å². The van der Waals surface area contributed by atoms with Crippen LogP contribution in [0.3, 0.4) is 0 Å². The maximum Gasteiger partial charge on any atom is 0.141 e. The number of hydrogen-bond acceptors (Lipinski definition) is 6. The van der Waals surface area contributed by atoms with Gasteiger partial charge in [-0.2, -0.15) is 15.8 Å². The van der Waals surface area contributed by atoms with Crippen LogP contribution in [0.25, 0.3) is 0 Å². The van der Waals surface area contributed by atoms with Crippen molar-refractivity contribution in [1.82, 2.24) is 0 Å². The molecule has 0 aliphatic carbocycles. The minimum absolute atomic E-state index is 0.138. The lowest BCUT2D eigenvalue weighted by atomic mass is 10.3. The smallest absolute Gasteiger partial charge is 0.141 e. The number of nitriles is 3. The Morgan fingerprint density at radius 1 is 0.778 bits per heavy atom. The minimum atomic E-state index is -0.600. The van der Waals surface area contributed by atoms with Gasteiger partial charge in [-0.05, 0) is 20.8 Å². The molecule has 6 heteroatoms. The highest BCUT2D eigenvalue weighted by Crippen LogP contribution is 2.03. The summed E-state index contributed by atoms with van der Waals surface area (Å²) in [4.78, 5) is 0. The van der Waals surface area contributed by atoms with Crippen LogP contribution in [-0.4, -0.2) is 37.6 Å². The molecule has 3 atom stereocenters. The maximum absolute atomic E-state index is 8.67. The third kappa shape index (κ3) is 7.60. The molecule has 0 heterocycles. The quantitative estimate of drug-likeness (QED) is 0.641. The van der Waals surface area contributed by atoms with E-state index < -0.39 is 24.4 Å². The van der Waals surface area contributed by atoms with Crippen molar-refractivity contribution in [2.75, 3.05) is 13.2 Å². The lowest BCUT2D eigenvalue weighted by molar-refractivity contribution is -0.0839. The van der Waals surface area contributed by atoms with Crippen LogP contribution < -0.4 is 0 Å². The van der Waals surface area contributed by atoms with Gasteiger partial charge in [0.25, 0.3) is 0 Å². The van der Waals surface area contributed by atoms with Crippen molar-refractivity contribution < 1.29 is 14.2 Å². The summed E-state index contributed by atoms with van der Waals surface area (Å²) in [6, 6.07) is 5.79. The Hall–Kier alpha value is -1.65. The van der Waals surface area contributed by atoms with Crippen LogP contribution in [0.5, 0.6) is 0 Å². The zero-order valence-electron chi connectivity index (χ0n) is 10.8. The number of nitrogens with zero attached hydrogens (tertiary/aromatic N) is 3. The van der Waals surface area contributed by atoms with Crippen LogP contribution in [0.4, 0.5) is 0 Å². The van der Waals surface area contributed by atoms with Crippen molar-refractivity contribution in [3.63, 3.8) is 0 Å². The monoisotopic (exact) mass is 251 g/mol.